The smallest absolute Gasteiger partial charge is 0.330 e. The van der Waals surface area contributed by atoms with Gasteiger partial charge in [-0.25, -0.2) is 14.7 Å². The lowest BCUT2D eigenvalue weighted by molar-refractivity contribution is -0.111. The normalized spacial score (nSPS) is 13.1. The van der Waals surface area contributed by atoms with Crippen LogP contribution in [0.3, 0.4) is 0 Å². The highest BCUT2D eigenvalue weighted by atomic mass is 16.5. The Labute approximate surface area is 228 Å². The Hall–Kier alpha value is -4.48. The monoisotopic (exact) mass is 531 g/mol. The zero-order valence-electron chi connectivity index (χ0n) is 22.5. The van der Waals surface area contributed by atoms with E-state index in [1.165, 1.54) is 11.0 Å². The molecule has 11 nitrogen and oxygen atoms in total. The van der Waals surface area contributed by atoms with Crippen molar-refractivity contribution in [1.82, 2.24) is 19.8 Å². The first kappa shape index (κ1) is 27.6. The first-order chi connectivity index (χ1) is 18.8. The Morgan fingerprint density at radius 2 is 1.92 bits per heavy atom. The van der Waals surface area contributed by atoms with Gasteiger partial charge < -0.3 is 29.9 Å². The van der Waals surface area contributed by atoms with Gasteiger partial charge in [-0.3, -0.25) is 4.79 Å². The third kappa shape index (κ3) is 7.30. The highest BCUT2D eigenvalue weighted by molar-refractivity contribution is 6.03. The van der Waals surface area contributed by atoms with E-state index in [-0.39, 0.29) is 11.9 Å². The van der Waals surface area contributed by atoms with Crippen molar-refractivity contribution in [2.24, 2.45) is 0 Å². The number of nitrogens with zero attached hydrogens (tertiary/aromatic N) is 5. The maximum Gasteiger partial charge on any atom is 0.330 e. The number of carbonyl (C=O) groups excluding carboxylic acids is 2. The zero-order chi connectivity index (χ0) is 27.8. The summed E-state index contributed by atoms with van der Waals surface area (Å²) >= 11 is 0. The van der Waals surface area contributed by atoms with Crippen LogP contribution in [0.2, 0.25) is 0 Å². The number of nitrogens with one attached hydrogen (secondary N) is 2. The lowest BCUT2D eigenvalue weighted by Crippen LogP contribution is -2.43. The predicted molar refractivity (Wildman–Crippen MR) is 151 cm³/mol. The summed E-state index contributed by atoms with van der Waals surface area (Å²) in [6.07, 6.45) is 4.99. The molecule has 0 unspecified atom stereocenters. The van der Waals surface area contributed by atoms with E-state index >= 15 is 0 Å². The predicted octanol–water partition coefficient (Wildman–Crippen LogP) is 4.01. The first-order valence-electron chi connectivity index (χ1n) is 12.5. The van der Waals surface area contributed by atoms with Crippen LogP contribution in [-0.4, -0.2) is 79.7 Å². The molecule has 0 bridgehead atoms. The van der Waals surface area contributed by atoms with Gasteiger partial charge in [0.15, 0.2) is 5.82 Å². The van der Waals surface area contributed by atoms with Crippen molar-refractivity contribution in [2.75, 3.05) is 63.5 Å². The number of benzene rings is 2. The van der Waals surface area contributed by atoms with Crippen molar-refractivity contribution in [3.8, 4) is 5.75 Å². The van der Waals surface area contributed by atoms with Crippen LogP contribution in [0.25, 0.3) is 0 Å². The fourth-order valence-electron chi connectivity index (χ4n) is 3.86. The molecule has 0 fully saturated rings. The third-order valence-electron chi connectivity index (χ3n) is 5.76. The van der Waals surface area contributed by atoms with E-state index in [4.69, 9.17) is 9.47 Å². The molecule has 0 saturated heterocycles. The van der Waals surface area contributed by atoms with Crippen LogP contribution in [-0.2, 0) is 16.1 Å². The van der Waals surface area contributed by atoms with Gasteiger partial charge in [-0.2, -0.15) is 4.98 Å². The van der Waals surface area contributed by atoms with Crippen LogP contribution in [0.5, 0.6) is 5.75 Å². The quantitative estimate of drug-likeness (QED) is 0.282. The molecule has 0 aliphatic carbocycles. The minimum absolute atomic E-state index is 0.237. The molecule has 1 aromatic heterocycles. The van der Waals surface area contributed by atoms with Gasteiger partial charge in [0, 0.05) is 49.9 Å². The van der Waals surface area contributed by atoms with Crippen LogP contribution in [0.15, 0.2) is 66.9 Å². The number of aromatic nitrogens is 2. The molecule has 1 aliphatic heterocycles. The summed E-state index contributed by atoms with van der Waals surface area (Å²) in [5, 5.41) is 6.04. The number of methoxy groups -OCH3 is 1. The number of carbonyl (C=O) groups is 2. The lowest BCUT2D eigenvalue weighted by Gasteiger charge is -2.34. The summed E-state index contributed by atoms with van der Waals surface area (Å²) in [5.41, 5.74) is 2.71. The Bertz CT molecular complexity index is 1330. The molecule has 0 saturated carbocycles. The molecule has 2 aromatic carbocycles. The maximum atomic E-state index is 13.3. The largest absolute Gasteiger partial charge is 0.491 e. The molecule has 39 heavy (non-hydrogen) atoms. The van der Waals surface area contributed by atoms with Gasteiger partial charge in [0.25, 0.3) is 0 Å². The lowest BCUT2D eigenvalue weighted by atomic mass is 10.2. The van der Waals surface area contributed by atoms with Crippen LogP contribution < -0.4 is 20.3 Å². The number of hydrogen-bond donors (Lipinski definition) is 2. The minimum Gasteiger partial charge on any atom is -0.491 e. The number of urea groups is 1. The number of likely N-dealkylation sites (N-methyl/N-ethyl adjacent to an activating group) is 1. The summed E-state index contributed by atoms with van der Waals surface area (Å²) in [6, 6.07) is 14.3. The van der Waals surface area contributed by atoms with Gasteiger partial charge in [0.1, 0.15) is 12.4 Å². The van der Waals surface area contributed by atoms with Crippen molar-refractivity contribution in [3.05, 3.63) is 72.4 Å². The zero-order valence-corrected chi connectivity index (χ0v) is 22.5. The van der Waals surface area contributed by atoms with Gasteiger partial charge in [0.2, 0.25) is 11.9 Å². The summed E-state index contributed by atoms with van der Waals surface area (Å²) in [5.74, 6) is 1.30. The van der Waals surface area contributed by atoms with Gasteiger partial charge in [-0.05, 0) is 56.6 Å². The highest BCUT2D eigenvalue weighted by Crippen LogP contribution is 2.34. The average molecular weight is 532 g/mol. The standard InChI is InChI=1S/C28H33N7O4/c1-33(2)14-6-9-25(36)30-22-7-5-8-23(17-22)35-26-20(19-34(3)28(35)37)18-29-27(32-26)31-21-10-12-24(13-11-21)39-16-15-38-4/h5-13,17-18H,14-16,19H2,1-4H3,(H,30,36)(H,29,31,32)/b9-6+. The Balaban J connectivity index is 1.54. The van der Waals surface area contributed by atoms with Crippen molar-refractivity contribution in [2.45, 2.75) is 6.54 Å². The van der Waals surface area contributed by atoms with Crippen molar-refractivity contribution in [1.29, 1.82) is 0 Å². The van der Waals surface area contributed by atoms with Crippen LogP contribution in [0, 0.1) is 0 Å². The topological polar surface area (TPSA) is 112 Å². The Morgan fingerprint density at radius 3 is 2.67 bits per heavy atom. The first-order valence-corrected chi connectivity index (χ1v) is 12.5. The van der Waals surface area contributed by atoms with E-state index in [1.54, 1.807) is 55.6 Å². The van der Waals surface area contributed by atoms with Gasteiger partial charge in [-0.1, -0.05) is 12.1 Å². The number of ether oxygens (including phenoxy) is 2. The van der Waals surface area contributed by atoms with Crippen LogP contribution in [0.4, 0.5) is 33.6 Å². The van der Waals surface area contributed by atoms with Crippen molar-refractivity contribution < 1.29 is 19.1 Å². The molecule has 3 amide bonds. The summed E-state index contributed by atoms with van der Waals surface area (Å²) in [6.45, 7) is 2.01. The summed E-state index contributed by atoms with van der Waals surface area (Å²) in [4.78, 5) is 39.9. The highest BCUT2D eigenvalue weighted by Gasteiger charge is 2.31. The number of anilines is 5. The molecule has 4 rings (SSSR count). The molecule has 3 aromatic rings. The van der Waals surface area contributed by atoms with E-state index in [1.807, 2.05) is 43.3 Å². The molecule has 0 atom stereocenters. The molecular weight excluding hydrogens is 498 g/mol. The van der Waals surface area contributed by atoms with Crippen LogP contribution >= 0.6 is 0 Å². The maximum absolute atomic E-state index is 13.3. The molecule has 0 radical (unpaired) electrons. The number of hydrogen-bond acceptors (Lipinski definition) is 8. The van der Waals surface area contributed by atoms with E-state index in [0.717, 1.165) is 17.0 Å². The second-order valence-corrected chi connectivity index (χ2v) is 9.21. The van der Waals surface area contributed by atoms with E-state index in [9.17, 15) is 9.59 Å². The van der Waals surface area contributed by atoms with Crippen LogP contribution in [0.1, 0.15) is 5.56 Å². The molecule has 11 heteroatoms. The van der Waals surface area contributed by atoms with Gasteiger partial charge in [-0.15, -0.1) is 0 Å². The second-order valence-electron chi connectivity index (χ2n) is 9.21. The average Bonchev–Trinajstić information content (AvgIpc) is 2.91. The van der Waals surface area contributed by atoms with E-state index in [0.29, 0.717) is 49.4 Å². The minimum atomic E-state index is -0.250. The van der Waals surface area contributed by atoms with Crippen molar-refractivity contribution >= 4 is 40.8 Å². The Kier molecular flexibility index (Phi) is 9.08. The molecule has 0 spiro atoms. The number of amides is 3. The fraction of sp³-hybridized carbons (Fsp3) is 0.286. The fourth-order valence-corrected chi connectivity index (χ4v) is 3.86. The Morgan fingerprint density at radius 1 is 1.13 bits per heavy atom. The summed E-state index contributed by atoms with van der Waals surface area (Å²) < 4.78 is 10.6. The van der Waals surface area contributed by atoms with Gasteiger partial charge in [0.05, 0.1) is 18.8 Å². The molecule has 2 heterocycles. The van der Waals surface area contributed by atoms with Crippen molar-refractivity contribution in [3.63, 3.8) is 0 Å². The third-order valence-corrected chi connectivity index (χ3v) is 5.76. The SMILES string of the molecule is COCCOc1ccc(Nc2ncc3c(n2)N(c2cccc(NC(=O)/C=C/CN(C)C)c2)C(=O)N(C)C3)cc1. The summed E-state index contributed by atoms with van der Waals surface area (Å²) in [7, 11) is 7.21. The second kappa shape index (κ2) is 12.9. The van der Waals surface area contributed by atoms with E-state index in [2.05, 4.69) is 20.6 Å². The van der Waals surface area contributed by atoms with E-state index < -0.39 is 0 Å². The molecule has 204 valence electrons. The number of rotatable bonds is 11. The molecular formula is C28H33N7O4. The number of fused-ring (bicyclic) bond motifs is 1. The van der Waals surface area contributed by atoms with Gasteiger partial charge >= 0.3 is 6.03 Å². The molecule has 2 N–H and O–H groups in total. The molecule has 1 aliphatic rings.